The van der Waals surface area contributed by atoms with Crippen LogP contribution < -0.4 is 15.8 Å². The Bertz CT molecular complexity index is 328. The van der Waals surface area contributed by atoms with Crippen LogP contribution in [0, 0.1) is 0 Å². The number of hydrogen-bond acceptors (Lipinski definition) is 3. The van der Waals surface area contributed by atoms with Gasteiger partial charge in [-0.05, 0) is 36.9 Å². The van der Waals surface area contributed by atoms with Gasteiger partial charge in [-0.1, -0.05) is 32.0 Å². The summed E-state index contributed by atoms with van der Waals surface area (Å²) < 4.78 is 5.87. The van der Waals surface area contributed by atoms with Crippen molar-refractivity contribution in [2.24, 2.45) is 5.73 Å². The van der Waals surface area contributed by atoms with E-state index < -0.39 is 0 Å². The minimum absolute atomic E-state index is 0.552. The number of para-hydroxylation sites is 1. The second-order valence-electron chi connectivity index (χ2n) is 4.59. The molecule has 3 nitrogen and oxygen atoms in total. The van der Waals surface area contributed by atoms with E-state index in [4.69, 9.17) is 10.5 Å². The molecule has 1 atom stereocenters. The van der Waals surface area contributed by atoms with Crippen LogP contribution in [0.15, 0.2) is 24.3 Å². The zero-order chi connectivity index (χ0) is 13.2. The molecule has 0 aliphatic rings. The average Bonchev–Trinajstić information content (AvgIpc) is 2.42. The number of rotatable bonds is 9. The lowest BCUT2D eigenvalue weighted by atomic mass is 9.98. The van der Waals surface area contributed by atoms with Crippen molar-refractivity contribution in [3.63, 3.8) is 0 Å². The lowest BCUT2D eigenvalue weighted by Gasteiger charge is -2.15. The molecule has 0 aliphatic heterocycles. The Kier molecular flexibility index (Phi) is 7.46. The van der Waals surface area contributed by atoms with Crippen molar-refractivity contribution in [2.45, 2.75) is 32.6 Å². The van der Waals surface area contributed by atoms with Crippen LogP contribution >= 0.6 is 0 Å². The third-order valence-electron chi connectivity index (χ3n) is 3.14. The Balaban J connectivity index is 2.37. The summed E-state index contributed by atoms with van der Waals surface area (Å²) in [7, 11) is 0. The Hall–Kier alpha value is -1.06. The summed E-state index contributed by atoms with van der Waals surface area (Å²) >= 11 is 0. The minimum Gasteiger partial charge on any atom is -0.493 e. The molecule has 0 saturated carbocycles. The molecule has 0 bridgehead atoms. The summed E-state index contributed by atoms with van der Waals surface area (Å²) in [5.41, 5.74) is 6.72. The zero-order valence-electron chi connectivity index (χ0n) is 11.6. The SMILES string of the molecule is CC[C@@H](C)c1ccccc1OCCCNCCN. The maximum Gasteiger partial charge on any atom is 0.122 e. The van der Waals surface area contributed by atoms with E-state index in [2.05, 4.69) is 37.4 Å². The Morgan fingerprint density at radius 1 is 1.28 bits per heavy atom. The fourth-order valence-electron chi connectivity index (χ4n) is 1.85. The molecule has 18 heavy (non-hydrogen) atoms. The van der Waals surface area contributed by atoms with Gasteiger partial charge in [-0.2, -0.15) is 0 Å². The van der Waals surface area contributed by atoms with Gasteiger partial charge in [0.25, 0.3) is 0 Å². The van der Waals surface area contributed by atoms with E-state index >= 15 is 0 Å². The predicted octanol–water partition coefficient (Wildman–Crippen LogP) is 2.52. The standard InChI is InChI=1S/C15H26N2O/c1-3-13(2)14-7-4-5-8-15(14)18-12-6-10-17-11-9-16/h4-5,7-8,13,17H,3,6,9-12,16H2,1-2H3/t13-/m1/s1. The van der Waals surface area contributed by atoms with Crippen molar-refractivity contribution in [3.05, 3.63) is 29.8 Å². The summed E-state index contributed by atoms with van der Waals surface area (Å²) in [5.74, 6) is 1.59. The van der Waals surface area contributed by atoms with Gasteiger partial charge in [0.1, 0.15) is 5.75 Å². The first-order valence-electron chi connectivity index (χ1n) is 6.92. The highest BCUT2D eigenvalue weighted by molar-refractivity contribution is 5.35. The maximum atomic E-state index is 5.87. The van der Waals surface area contributed by atoms with E-state index in [9.17, 15) is 0 Å². The van der Waals surface area contributed by atoms with Gasteiger partial charge in [-0.25, -0.2) is 0 Å². The van der Waals surface area contributed by atoms with Crippen LogP contribution in [0.1, 0.15) is 38.2 Å². The third kappa shape index (κ3) is 5.07. The van der Waals surface area contributed by atoms with Crippen molar-refractivity contribution in [2.75, 3.05) is 26.2 Å². The van der Waals surface area contributed by atoms with E-state index in [0.717, 1.165) is 38.3 Å². The number of benzene rings is 1. The van der Waals surface area contributed by atoms with Gasteiger partial charge < -0.3 is 15.8 Å². The van der Waals surface area contributed by atoms with Gasteiger partial charge in [-0.3, -0.25) is 0 Å². The quantitative estimate of drug-likeness (QED) is 0.662. The Morgan fingerprint density at radius 3 is 2.78 bits per heavy atom. The van der Waals surface area contributed by atoms with Gasteiger partial charge in [0, 0.05) is 13.1 Å². The van der Waals surface area contributed by atoms with Gasteiger partial charge in [0.15, 0.2) is 0 Å². The van der Waals surface area contributed by atoms with Crippen molar-refractivity contribution in [1.29, 1.82) is 0 Å². The average molecular weight is 250 g/mol. The first-order valence-corrected chi connectivity index (χ1v) is 6.92. The van der Waals surface area contributed by atoms with E-state index in [1.165, 1.54) is 5.56 Å². The molecule has 0 unspecified atom stereocenters. The molecule has 1 aromatic rings. The summed E-state index contributed by atoms with van der Waals surface area (Å²) in [6.45, 7) is 7.73. The van der Waals surface area contributed by atoms with Crippen LogP contribution in [0.2, 0.25) is 0 Å². The fourth-order valence-corrected chi connectivity index (χ4v) is 1.85. The highest BCUT2D eigenvalue weighted by atomic mass is 16.5. The molecule has 0 saturated heterocycles. The molecule has 0 spiro atoms. The topological polar surface area (TPSA) is 47.3 Å². The maximum absolute atomic E-state index is 5.87. The summed E-state index contributed by atoms with van der Waals surface area (Å²) in [5, 5.41) is 3.26. The molecule has 0 aliphatic carbocycles. The van der Waals surface area contributed by atoms with E-state index in [0.29, 0.717) is 12.5 Å². The van der Waals surface area contributed by atoms with Crippen LogP contribution in [-0.4, -0.2) is 26.2 Å². The Morgan fingerprint density at radius 2 is 2.06 bits per heavy atom. The molecule has 0 heterocycles. The summed E-state index contributed by atoms with van der Waals surface area (Å²) in [4.78, 5) is 0. The van der Waals surface area contributed by atoms with Gasteiger partial charge in [-0.15, -0.1) is 0 Å². The van der Waals surface area contributed by atoms with Gasteiger partial charge in [0.2, 0.25) is 0 Å². The minimum atomic E-state index is 0.552. The molecule has 1 rings (SSSR count). The number of hydrogen-bond donors (Lipinski definition) is 2. The molecule has 0 radical (unpaired) electrons. The monoisotopic (exact) mass is 250 g/mol. The fraction of sp³-hybridized carbons (Fsp3) is 0.600. The first-order chi connectivity index (χ1) is 8.79. The molecule has 0 amide bonds. The van der Waals surface area contributed by atoms with Crippen LogP contribution in [0.3, 0.4) is 0 Å². The van der Waals surface area contributed by atoms with Crippen LogP contribution in [0.4, 0.5) is 0 Å². The van der Waals surface area contributed by atoms with Crippen molar-refractivity contribution < 1.29 is 4.74 Å². The molecule has 3 N–H and O–H groups in total. The smallest absolute Gasteiger partial charge is 0.122 e. The highest BCUT2D eigenvalue weighted by Gasteiger charge is 2.08. The third-order valence-corrected chi connectivity index (χ3v) is 3.14. The van der Waals surface area contributed by atoms with Crippen molar-refractivity contribution in [1.82, 2.24) is 5.32 Å². The normalized spacial score (nSPS) is 12.4. The summed E-state index contributed by atoms with van der Waals surface area (Å²) in [6.07, 6.45) is 2.15. The van der Waals surface area contributed by atoms with E-state index in [-0.39, 0.29) is 0 Å². The zero-order valence-corrected chi connectivity index (χ0v) is 11.6. The first kappa shape index (κ1) is 15.0. The predicted molar refractivity (Wildman–Crippen MR) is 77.2 cm³/mol. The molecule has 1 aromatic carbocycles. The number of nitrogens with two attached hydrogens (primary N) is 1. The van der Waals surface area contributed by atoms with Crippen LogP contribution in [0.25, 0.3) is 0 Å². The lowest BCUT2D eigenvalue weighted by Crippen LogP contribution is -2.24. The number of nitrogens with one attached hydrogen (secondary N) is 1. The molecule has 0 aromatic heterocycles. The molecule has 102 valence electrons. The van der Waals surface area contributed by atoms with Gasteiger partial charge >= 0.3 is 0 Å². The largest absolute Gasteiger partial charge is 0.493 e. The van der Waals surface area contributed by atoms with E-state index in [1.807, 2.05) is 6.07 Å². The van der Waals surface area contributed by atoms with Crippen LogP contribution in [-0.2, 0) is 0 Å². The summed E-state index contributed by atoms with van der Waals surface area (Å²) in [6, 6.07) is 8.34. The highest BCUT2D eigenvalue weighted by Crippen LogP contribution is 2.28. The Labute approximate surface area is 111 Å². The van der Waals surface area contributed by atoms with E-state index in [1.54, 1.807) is 0 Å². The molecular formula is C15H26N2O. The second-order valence-corrected chi connectivity index (χ2v) is 4.59. The van der Waals surface area contributed by atoms with Crippen molar-refractivity contribution in [3.8, 4) is 5.75 Å². The number of ether oxygens (including phenoxy) is 1. The molecule has 0 fully saturated rings. The second kappa shape index (κ2) is 8.95. The lowest BCUT2D eigenvalue weighted by molar-refractivity contribution is 0.304. The molecular weight excluding hydrogens is 224 g/mol. The van der Waals surface area contributed by atoms with Crippen molar-refractivity contribution >= 4 is 0 Å². The van der Waals surface area contributed by atoms with Crippen LogP contribution in [0.5, 0.6) is 5.75 Å². The molecule has 3 heteroatoms. The van der Waals surface area contributed by atoms with Gasteiger partial charge in [0.05, 0.1) is 6.61 Å².